The summed E-state index contributed by atoms with van der Waals surface area (Å²) in [5.41, 5.74) is -1.65. The summed E-state index contributed by atoms with van der Waals surface area (Å²) in [4.78, 5) is 15.9. The first-order valence-electron chi connectivity index (χ1n) is 7.34. The van der Waals surface area contributed by atoms with Crippen molar-refractivity contribution in [2.75, 3.05) is 4.90 Å². The molecule has 0 fully saturated rings. The van der Waals surface area contributed by atoms with E-state index in [1.807, 2.05) is 0 Å². The highest BCUT2D eigenvalue weighted by Gasteiger charge is 2.52. The molecule has 0 bridgehead atoms. The molecule has 1 aromatic carbocycles. The van der Waals surface area contributed by atoms with E-state index in [9.17, 15) is 35.5 Å². The monoisotopic (exact) mass is 394 g/mol. The Balaban J connectivity index is 2.11. The average molecular weight is 394 g/mol. The van der Waals surface area contributed by atoms with Gasteiger partial charge in [0.1, 0.15) is 11.6 Å². The highest BCUT2D eigenvalue weighted by molar-refractivity contribution is 6.01. The minimum absolute atomic E-state index is 0.00584. The number of carbonyl (C=O) groups excluding carboxylic acids is 1. The number of aromatic nitrogens is 1. The van der Waals surface area contributed by atoms with Gasteiger partial charge in [0.2, 0.25) is 0 Å². The van der Waals surface area contributed by atoms with Gasteiger partial charge in [0.15, 0.2) is 5.75 Å². The highest BCUT2D eigenvalue weighted by Crippen LogP contribution is 2.44. The van der Waals surface area contributed by atoms with Crippen LogP contribution in [-0.4, -0.2) is 23.2 Å². The van der Waals surface area contributed by atoms with Gasteiger partial charge in [-0.3, -0.25) is 14.7 Å². The first-order chi connectivity index (χ1) is 12.5. The molecule has 2 aromatic rings. The largest absolute Gasteiger partial charge is 0.483 e. The lowest BCUT2D eigenvalue weighted by Crippen LogP contribution is -2.50. The van der Waals surface area contributed by atoms with Crippen molar-refractivity contribution >= 4 is 11.6 Å². The molecule has 27 heavy (non-hydrogen) atoms. The SMILES string of the molecule is O=C1N(Cc2cncc(F)c2)c2ccc(F)c(CC(F)(F)F)c2OC1(F)F. The Morgan fingerprint density at radius 2 is 1.85 bits per heavy atom. The predicted molar refractivity (Wildman–Crippen MR) is 77.1 cm³/mol. The number of ether oxygens (including phenoxy) is 1. The maximum atomic E-state index is 13.9. The quantitative estimate of drug-likeness (QED) is 0.740. The molecule has 1 amide bonds. The number of benzene rings is 1. The van der Waals surface area contributed by atoms with E-state index in [0.29, 0.717) is 11.0 Å². The standard InChI is InChI=1S/C16H9F7N2O2/c17-9-3-8(5-24-6-9)7-25-12-2-1-11(18)10(4-15(19,20)21)13(12)27-16(22,23)14(25)26/h1-3,5-6H,4,7H2. The van der Waals surface area contributed by atoms with Crippen molar-refractivity contribution in [2.24, 2.45) is 0 Å². The third-order valence-corrected chi connectivity index (χ3v) is 3.68. The molecule has 0 aliphatic carbocycles. The van der Waals surface area contributed by atoms with E-state index in [2.05, 4.69) is 9.72 Å². The highest BCUT2D eigenvalue weighted by atomic mass is 19.4. The summed E-state index contributed by atoms with van der Waals surface area (Å²) >= 11 is 0. The normalized spacial score (nSPS) is 16.1. The van der Waals surface area contributed by atoms with Gasteiger partial charge in [0.05, 0.1) is 24.8 Å². The maximum absolute atomic E-state index is 13.9. The van der Waals surface area contributed by atoms with Gasteiger partial charge in [0.25, 0.3) is 0 Å². The Kier molecular flexibility index (Phi) is 4.48. The van der Waals surface area contributed by atoms with Crippen molar-refractivity contribution in [3.63, 3.8) is 0 Å². The van der Waals surface area contributed by atoms with E-state index < -0.39 is 59.8 Å². The minimum atomic E-state index is -4.91. The summed E-state index contributed by atoms with van der Waals surface area (Å²) in [6, 6.07) is 2.36. The number of fused-ring (bicyclic) bond motifs is 1. The summed E-state index contributed by atoms with van der Waals surface area (Å²) < 4.78 is 97.3. The fraction of sp³-hybridized carbons (Fsp3) is 0.250. The van der Waals surface area contributed by atoms with Gasteiger partial charge in [-0.25, -0.2) is 8.78 Å². The predicted octanol–water partition coefficient (Wildman–Crippen LogP) is 3.98. The van der Waals surface area contributed by atoms with E-state index in [-0.39, 0.29) is 5.56 Å². The van der Waals surface area contributed by atoms with Crippen LogP contribution >= 0.6 is 0 Å². The van der Waals surface area contributed by atoms with Crippen molar-refractivity contribution in [2.45, 2.75) is 25.3 Å². The fourth-order valence-electron chi connectivity index (χ4n) is 2.60. The van der Waals surface area contributed by atoms with Gasteiger partial charge < -0.3 is 4.74 Å². The van der Waals surface area contributed by atoms with E-state index >= 15 is 0 Å². The molecular weight excluding hydrogens is 385 g/mol. The molecular formula is C16H9F7N2O2. The van der Waals surface area contributed by atoms with Crippen molar-refractivity contribution in [1.82, 2.24) is 4.98 Å². The summed E-state index contributed by atoms with van der Waals surface area (Å²) in [5.74, 6) is -5.20. The molecule has 0 spiro atoms. The molecule has 0 saturated carbocycles. The van der Waals surface area contributed by atoms with Gasteiger partial charge in [-0.1, -0.05) is 0 Å². The lowest BCUT2D eigenvalue weighted by molar-refractivity contribution is -0.193. The van der Waals surface area contributed by atoms with Crippen molar-refractivity contribution < 1.29 is 40.3 Å². The van der Waals surface area contributed by atoms with Crippen molar-refractivity contribution in [3.05, 3.63) is 53.4 Å². The molecule has 0 radical (unpaired) electrons. The molecule has 0 atom stereocenters. The molecule has 0 unspecified atom stereocenters. The number of alkyl halides is 5. The topological polar surface area (TPSA) is 42.4 Å². The Bertz CT molecular complexity index is 899. The maximum Gasteiger partial charge on any atom is 0.483 e. The molecule has 0 saturated heterocycles. The van der Waals surface area contributed by atoms with Crippen LogP contribution < -0.4 is 9.64 Å². The number of nitrogens with zero attached hydrogens (tertiary/aromatic N) is 2. The average Bonchev–Trinajstić information content (AvgIpc) is 2.54. The van der Waals surface area contributed by atoms with Gasteiger partial charge in [0, 0.05) is 11.8 Å². The van der Waals surface area contributed by atoms with Crippen LogP contribution in [0, 0.1) is 11.6 Å². The summed E-state index contributed by atoms with van der Waals surface area (Å²) in [5, 5.41) is 0. The van der Waals surface area contributed by atoms with Crippen molar-refractivity contribution in [1.29, 1.82) is 0 Å². The number of hydrogen-bond donors (Lipinski definition) is 0. The number of anilines is 1. The Morgan fingerprint density at radius 3 is 2.48 bits per heavy atom. The van der Waals surface area contributed by atoms with E-state index in [1.54, 1.807) is 0 Å². The smallest absolute Gasteiger partial charge is 0.423 e. The minimum Gasteiger partial charge on any atom is -0.423 e. The van der Waals surface area contributed by atoms with Crippen LogP contribution in [0.3, 0.4) is 0 Å². The summed E-state index contributed by atoms with van der Waals surface area (Å²) in [6.07, 6.45) is -9.38. The molecule has 11 heteroatoms. The molecule has 1 aliphatic heterocycles. The second kappa shape index (κ2) is 6.39. The van der Waals surface area contributed by atoms with E-state index in [0.717, 1.165) is 24.5 Å². The van der Waals surface area contributed by atoms with E-state index in [4.69, 9.17) is 0 Å². The fourth-order valence-corrected chi connectivity index (χ4v) is 2.60. The molecule has 3 rings (SSSR count). The second-order valence-electron chi connectivity index (χ2n) is 5.69. The zero-order chi connectivity index (χ0) is 20.0. The third-order valence-electron chi connectivity index (χ3n) is 3.68. The molecule has 1 aromatic heterocycles. The number of hydrogen-bond acceptors (Lipinski definition) is 3. The van der Waals surface area contributed by atoms with Gasteiger partial charge in [-0.15, -0.1) is 0 Å². The molecule has 4 nitrogen and oxygen atoms in total. The zero-order valence-corrected chi connectivity index (χ0v) is 13.2. The van der Waals surface area contributed by atoms with Crippen LogP contribution in [0.4, 0.5) is 36.4 Å². The lowest BCUT2D eigenvalue weighted by Gasteiger charge is -2.34. The summed E-state index contributed by atoms with van der Waals surface area (Å²) in [7, 11) is 0. The number of halogens is 7. The van der Waals surface area contributed by atoms with Crippen LogP contribution in [0.5, 0.6) is 5.75 Å². The van der Waals surface area contributed by atoms with Crippen LogP contribution in [0.15, 0.2) is 30.6 Å². The molecule has 2 heterocycles. The number of carbonyl (C=O) groups is 1. The van der Waals surface area contributed by atoms with Crippen LogP contribution in [0.2, 0.25) is 0 Å². The van der Waals surface area contributed by atoms with Crippen LogP contribution in [-0.2, 0) is 17.8 Å². The first kappa shape index (κ1) is 18.9. The Labute approximate surface area is 147 Å². The second-order valence-corrected chi connectivity index (χ2v) is 5.69. The summed E-state index contributed by atoms with van der Waals surface area (Å²) in [6.45, 7) is -0.632. The first-order valence-corrected chi connectivity index (χ1v) is 7.34. The molecule has 1 aliphatic rings. The molecule has 0 N–H and O–H groups in total. The Morgan fingerprint density at radius 1 is 1.15 bits per heavy atom. The zero-order valence-electron chi connectivity index (χ0n) is 13.2. The van der Waals surface area contributed by atoms with Crippen molar-refractivity contribution in [3.8, 4) is 5.75 Å². The third kappa shape index (κ3) is 3.81. The Hall–Kier alpha value is -2.85. The lowest BCUT2D eigenvalue weighted by atomic mass is 10.1. The van der Waals surface area contributed by atoms with Gasteiger partial charge in [-0.2, -0.15) is 22.0 Å². The number of rotatable bonds is 3. The number of pyridine rings is 1. The van der Waals surface area contributed by atoms with E-state index in [1.165, 1.54) is 0 Å². The van der Waals surface area contributed by atoms with Crippen LogP contribution in [0.25, 0.3) is 0 Å². The van der Waals surface area contributed by atoms with Crippen LogP contribution in [0.1, 0.15) is 11.1 Å². The van der Waals surface area contributed by atoms with Gasteiger partial charge >= 0.3 is 18.2 Å². The van der Waals surface area contributed by atoms with Gasteiger partial charge in [-0.05, 0) is 23.8 Å². The molecule has 144 valence electrons. The number of amides is 1.